The maximum Gasteiger partial charge on any atom is 0.130 e. The second kappa shape index (κ2) is 5.60. The van der Waals surface area contributed by atoms with Gasteiger partial charge < -0.3 is 10.3 Å². The number of nitrogens with zero attached hydrogens (tertiary/aromatic N) is 3. The number of aryl methyl sites for hydroxylation is 1. The number of halogens is 1. The Morgan fingerprint density at radius 2 is 2.25 bits per heavy atom. The molecule has 0 saturated heterocycles. The van der Waals surface area contributed by atoms with Crippen molar-refractivity contribution in [2.45, 2.75) is 12.8 Å². The van der Waals surface area contributed by atoms with E-state index in [2.05, 4.69) is 41.2 Å². The van der Waals surface area contributed by atoms with Crippen molar-refractivity contribution in [2.75, 3.05) is 11.9 Å². The number of rotatable bonds is 5. The molecule has 0 spiro atoms. The van der Waals surface area contributed by atoms with E-state index >= 15 is 0 Å². The highest BCUT2D eigenvalue weighted by atomic mass is 79.9. The van der Waals surface area contributed by atoms with E-state index in [0.29, 0.717) is 0 Å². The molecule has 0 radical (unpaired) electrons. The summed E-state index contributed by atoms with van der Waals surface area (Å²) < 4.78 is 0.788. The zero-order chi connectivity index (χ0) is 11.2. The molecule has 6 heteroatoms. The van der Waals surface area contributed by atoms with Gasteiger partial charge in [0.15, 0.2) is 0 Å². The van der Waals surface area contributed by atoms with Crippen molar-refractivity contribution in [2.24, 2.45) is 0 Å². The van der Waals surface area contributed by atoms with Gasteiger partial charge >= 0.3 is 0 Å². The first-order valence-electron chi connectivity index (χ1n) is 5.04. The fraction of sp³-hybridized carbons (Fsp3) is 0.300. The molecule has 0 atom stereocenters. The van der Waals surface area contributed by atoms with Gasteiger partial charge in [0.25, 0.3) is 0 Å². The van der Waals surface area contributed by atoms with Gasteiger partial charge in [0.2, 0.25) is 0 Å². The zero-order valence-electron chi connectivity index (χ0n) is 8.65. The molecule has 0 saturated carbocycles. The van der Waals surface area contributed by atoms with Gasteiger partial charge in [0, 0.05) is 31.4 Å². The summed E-state index contributed by atoms with van der Waals surface area (Å²) in [5.74, 6) is 1.85. The van der Waals surface area contributed by atoms with E-state index in [1.54, 1.807) is 6.20 Å². The number of hydrogen-bond donors (Lipinski definition) is 2. The van der Waals surface area contributed by atoms with Crippen LogP contribution in [0.5, 0.6) is 0 Å². The van der Waals surface area contributed by atoms with Gasteiger partial charge in [-0.05, 0) is 22.4 Å². The first-order chi connectivity index (χ1) is 7.84. The monoisotopic (exact) mass is 281 g/mol. The Labute approximate surface area is 102 Å². The summed E-state index contributed by atoms with van der Waals surface area (Å²) in [5.41, 5.74) is 0. The predicted octanol–water partition coefficient (Wildman–Crippen LogP) is 2.01. The summed E-state index contributed by atoms with van der Waals surface area (Å²) in [7, 11) is 0. The minimum Gasteiger partial charge on any atom is -0.370 e. The van der Waals surface area contributed by atoms with E-state index in [4.69, 9.17) is 0 Å². The van der Waals surface area contributed by atoms with E-state index in [1.807, 2.05) is 12.3 Å². The smallest absolute Gasteiger partial charge is 0.130 e. The lowest BCUT2D eigenvalue weighted by Crippen LogP contribution is -2.05. The molecule has 0 aromatic carbocycles. The summed E-state index contributed by atoms with van der Waals surface area (Å²) in [4.78, 5) is 15.3. The van der Waals surface area contributed by atoms with Crippen LogP contribution < -0.4 is 5.32 Å². The van der Waals surface area contributed by atoms with Crippen LogP contribution in [0.1, 0.15) is 12.2 Å². The topological polar surface area (TPSA) is 66.5 Å². The number of H-pyrrole nitrogens is 1. The second-order valence-electron chi connectivity index (χ2n) is 3.29. The molecule has 0 unspecified atom stereocenters. The van der Waals surface area contributed by atoms with Crippen LogP contribution in [0, 0.1) is 0 Å². The first-order valence-corrected chi connectivity index (χ1v) is 5.83. The Bertz CT molecular complexity index is 429. The highest BCUT2D eigenvalue weighted by Gasteiger charge is 1.97. The molecule has 0 aliphatic carbocycles. The molecule has 2 N–H and O–H groups in total. The standard InChI is InChI=1S/C10H12BrN5/c11-8-6-10(16-7-15-8)12-3-1-2-9-13-4-5-14-9/h4-7H,1-3H2,(H,13,14)(H,12,15,16). The summed E-state index contributed by atoms with van der Waals surface area (Å²) in [5, 5.41) is 3.23. The predicted molar refractivity (Wildman–Crippen MR) is 65.1 cm³/mol. The molecule has 0 aliphatic rings. The molecular weight excluding hydrogens is 270 g/mol. The average Bonchev–Trinajstić information content (AvgIpc) is 2.77. The number of hydrogen-bond acceptors (Lipinski definition) is 4. The molecule has 2 heterocycles. The van der Waals surface area contributed by atoms with E-state index in [1.165, 1.54) is 6.33 Å². The minimum atomic E-state index is 0.788. The number of aromatic nitrogens is 4. The van der Waals surface area contributed by atoms with E-state index in [0.717, 1.165) is 35.6 Å². The van der Waals surface area contributed by atoms with Crippen LogP contribution in [0.2, 0.25) is 0 Å². The van der Waals surface area contributed by atoms with E-state index in [9.17, 15) is 0 Å². The quantitative estimate of drug-likeness (QED) is 0.650. The maximum absolute atomic E-state index is 4.16. The van der Waals surface area contributed by atoms with Crippen molar-refractivity contribution >= 4 is 21.7 Å². The summed E-state index contributed by atoms with van der Waals surface area (Å²) in [6.45, 7) is 0.865. The van der Waals surface area contributed by atoms with E-state index < -0.39 is 0 Å². The van der Waals surface area contributed by atoms with Gasteiger partial charge in [-0.3, -0.25) is 0 Å². The molecule has 2 aromatic rings. The van der Waals surface area contributed by atoms with Crippen molar-refractivity contribution in [3.63, 3.8) is 0 Å². The highest BCUT2D eigenvalue weighted by molar-refractivity contribution is 9.10. The third kappa shape index (κ3) is 3.30. The number of anilines is 1. The fourth-order valence-electron chi connectivity index (χ4n) is 1.34. The van der Waals surface area contributed by atoms with Crippen LogP contribution in [0.4, 0.5) is 5.82 Å². The molecule has 0 aliphatic heterocycles. The Morgan fingerprint density at radius 3 is 3.00 bits per heavy atom. The fourth-order valence-corrected chi connectivity index (χ4v) is 1.65. The zero-order valence-corrected chi connectivity index (χ0v) is 10.2. The molecule has 16 heavy (non-hydrogen) atoms. The molecule has 0 fully saturated rings. The molecule has 5 nitrogen and oxygen atoms in total. The number of imidazole rings is 1. The SMILES string of the molecule is Brc1cc(NCCCc2ncc[nH]2)ncn1. The normalized spacial score (nSPS) is 10.3. The van der Waals surface area contributed by atoms with Crippen LogP contribution in [0.25, 0.3) is 0 Å². The van der Waals surface area contributed by atoms with Crippen LogP contribution in [-0.2, 0) is 6.42 Å². The Balaban J connectivity index is 1.72. The molecule has 0 amide bonds. The van der Waals surface area contributed by atoms with Gasteiger partial charge in [0.1, 0.15) is 22.6 Å². The second-order valence-corrected chi connectivity index (χ2v) is 4.10. The van der Waals surface area contributed by atoms with Gasteiger partial charge in [-0.15, -0.1) is 0 Å². The maximum atomic E-state index is 4.16. The molecule has 2 rings (SSSR count). The largest absolute Gasteiger partial charge is 0.370 e. The lowest BCUT2D eigenvalue weighted by molar-refractivity contribution is 0.813. The summed E-state index contributed by atoms with van der Waals surface area (Å²) in [6.07, 6.45) is 7.08. The van der Waals surface area contributed by atoms with Crippen molar-refractivity contribution in [3.8, 4) is 0 Å². The number of aromatic amines is 1. The van der Waals surface area contributed by atoms with Crippen molar-refractivity contribution in [1.29, 1.82) is 0 Å². The van der Waals surface area contributed by atoms with Crippen LogP contribution in [0.3, 0.4) is 0 Å². The Kier molecular flexibility index (Phi) is 3.87. The lowest BCUT2D eigenvalue weighted by atomic mass is 10.3. The van der Waals surface area contributed by atoms with Crippen LogP contribution >= 0.6 is 15.9 Å². The van der Waals surface area contributed by atoms with Gasteiger partial charge in [0.05, 0.1) is 0 Å². The first kappa shape index (κ1) is 11.1. The van der Waals surface area contributed by atoms with Gasteiger partial charge in [-0.2, -0.15) is 0 Å². The van der Waals surface area contributed by atoms with E-state index in [-0.39, 0.29) is 0 Å². The van der Waals surface area contributed by atoms with Crippen LogP contribution in [-0.4, -0.2) is 26.5 Å². The Morgan fingerprint density at radius 1 is 1.31 bits per heavy atom. The Hall–Kier alpha value is -1.43. The third-order valence-corrected chi connectivity index (χ3v) is 2.52. The average molecular weight is 282 g/mol. The molecular formula is C10H12BrN5. The molecule has 0 bridgehead atoms. The summed E-state index contributed by atoms with van der Waals surface area (Å²) in [6, 6.07) is 1.85. The minimum absolute atomic E-state index is 0.788. The van der Waals surface area contributed by atoms with Gasteiger partial charge in [-0.25, -0.2) is 15.0 Å². The number of nitrogens with one attached hydrogen (secondary N) is 2. The molecule has 84 valence electrons. The van der Waals surface area contributed by atoms with Crippen molar-refractivity contribution < 1.29 is 0 Å². The van der Waals surface area contributed by atoms with Crippen molar-refractivity contribution in [3.05, 3.63) is 35.2 Å². The summed E-state index contributed by atoms with van der Waals surface area (Å²) >= 11 is 3.30. The van der Waals surface area contributed by atoms with Crippen LogP contribution in [0.15, 0.2) is 29.4 Å². The highest BCUT2D eigenvalue weighted by Crippen LogP contribution is 2.09. The van der Waals surface area contributed by atoms with Gasteiger partial charge in [-0.1, -0.05) is 0 Å². The third-order valence-electron chi connectivity index (χ3n) is 2.09. The lowest BCUT2D eigenvalue weighted by Gasteiger charge is -2.04. The molecule has 2 aromatic heterocycles. The van der Waals surface area contributed by atoms with Crippen molar-refractivity contribution in [1.82, 2.24) is 19.9 Å².